The molecule has 3 N–H and O–H groups in total. The van der Waals surface area contributed by atoms with Crippen LogP contribution < -0.4 is 5.73 Å². The molecule has 4 heteroatoms. The maximum atomic E-state index is 6.31. The van der Waals surface area contributed by atoms with Crippen LogP contribution in [0.15, 0.2) is 30.5 Å². The van der Waals surface area contributed by atoms with Gasteiger partial charge in [0.25, 0.3) is 0 Å². The van der Waals surface area contributed by atoms with Gasteiger partial charge in [0.2, 0.25) is 0 Å². The van der Waals surface area contributed by atoms with Gasteiger partial charge in [-0.1, -0.05) is 29.8 Å². The second-order valence-electron chi connectivity index (χ2n) is 4.91. The molecule has 1 aliphatic rings. The smallest absolute Gasteiger partial charge is 0.0746 e. The summed E-state index contributed by atoms with van der Waals surface area (Å²) in [6.07, 6.45) is 10.5. The van der Waals surface area contributed by atoms with E-state index in [9.17, 15) is 0 Å². The van der Waals surface area contributed by atoms with Crippen LogP contribution in [0.25, 0.3) is 16.5 Å². The predicted octanol–water partition coefficient (Wildman–Crippen LogP) is 3.97. The van der Waals surface area contributed by atoms with Gasteiger partial charge in [0.1, 0.15) is 0 Å². The van der Waals surface area contributed by atoms with Gasteiger partial charge in [-0.3, -0.25) is 5.10 Å². The van der Waals surface area contributed by atoms with E-state index < -0.39 is 0 Å². The van der Waals surface area contributed by atoms with E-state index in [1.54, 1.807) is 6.20 Å². The van der Waals surface area contributed by atoms with Crippen molar-refractivity contribution in [2.24, 2.45) is 5.73 Å². The van der Waals surface area contributed by atoms with Crippen LogP contribution in [-0.4, -0.2) is 10.2 Å². The second-order valence-corrected chi connectivity index (χ2v) is 5.32. The maximum Gasteiger partial charge on any atom is 0.0746 e. The first-order valence-corrected chi connectivity index (χ1v) is 6.84. The number of aromatic amines is 1. The molecule has 0 bridgehead atoms. The van der Waals surface area contributed by atoms with Crippen molar-refractivity contribution in [1.29, 1.82) is 0 Å². The van der Waals surface area contributed by atoms with Crippen LogP contribution in [0.4, 0.5) is 0 Å². The third-order valence-electron chi connectivity index (χ3n) is 3.49. The number of H-pyrrole nitrogens is 1. The Balaban J connectivity index is 2.33. The summed E-state index contributed by atoms with van der Waals surface area (Å²) in [7, 11) is 0. The Morgan fingerprint density at radius 3 is 2.95 bits per heavy atom. The van der Waals surface area contributed by atoms with Gasteiger partial charge in [-0.15, -0.1) is 0 Å². The van der Waals surface area contributed by atoms with Crippen LogP contribution >= 0.6 is 11.6 Å². The highest BCUT2D eigenvalue weighted by molar-refractivity contribution is 6.35. The van der Waals surface area contributed by atoms with Gasteiger partial charge in [-0.25, -0.2) is 0 Å². The van der Waals surface area contributed by atoms with E-state index in [0.717, 1.165) is 34.9 Å². The highest BCUT2D eigenvalue weighted by atomic mass is 35.5. The average Bonchev–Trinajstić information content (AvgIpc) is 2.89. The number of nitrogens with zero attached hydrogens (tertiary/aromatic N) is 1. The zero-order chi connectivity index (χ0) is 13.4. The lowest BCUT2D eigenvalue weighted by molar-refractivity contribution is 0.816. The minimum atomic E-state index is -0.0728. The number of hydrogen-bond donors (Lipinski definition) is 2. The average molecular weight is 274 g/mol. The van der Waals surface area contributed by atoms with E-state index >= 15 is 0 Å². The summed E-state index contributed by atoms with van der Waals surface area (Å²) in [5, 5.41) is 8.81. The lowest BCUT2D eigenvalue weighted by atomic mass is 9.91. The van der Waals surface area contributed by atoms with E-state index in [4.69, 9.17) is 17.3 Å². The van der Waals surface area contributed by atoms with E-state index in [2.05, 4.69) is 28.4 Å². The monoisotopic (exact) mass is 273 g/mol. The predicted molar refractivity (Wildman–Crippen MR) is 80.1 cm³/mol. The topological polar surface area (TPSA) is 54.7 Å². The van der Waals surface area contributed by atoms with Gasteiger partial charge in [-0.2, -0.15) is 5.10 Å². The number of hydrogen-bond acceptors (Lipinski definition) is 2. The van der Waals surface area contributed by atoms with Crippen molar-refractivity contribution in [3.63, 3.8) is 0 Å². The molecule has 98 valence electrons. The maximum absolute atomic E-state index is 6.31. The molecule has 1 aromatic heterocycles. The number of fused-ring (bicyclic) bond motifs is 1. The van der Waals surface area contributed by atoms with E-state index in [0.29, 0.717) is 5.02 Å². The Bertz CT molecular complexity index is 680. The molecule has 3 rings (SSSR count). The molecule has 1 unspecified atom stereocenters. The fourth-order valence-electron chi connectivity index (χ4n) is 2.56. The molecule has 1 aromatic carbocycles. The van der Waals surface area contributed by atoms with Crippen molar-refractivity contribution in [3.05, 3.63) is 46.6 Å². The Kier molecular flexibility index (Phi) is 3.17. The minimum Gasteiger partial charge on any atom is -0.324 e. The van der Waals surface area contributed by atoms with Crippen LogP contribution in [0.2, 0.25) is 5.02 Å². The van der Waals surface area contributed by atoms with Gasteiger partial charge in [0.05, 0.1) is 16.7 Å². The van der Waals surface area contributed by atoms with Gasteiger partial charge in [0, 0.05) is 17.0 Å². The molecule has 0 fully saturated rings. The molecular weight excluding hydrogens is 258 g/mol. The first-order chi connectivity index (χ1) is 9.18. The number of nitrogens with one attached hydrogen (secondary N) is 1. The van der Waals surface area contributed by atoms with Crippen LogP contribution in [0, 0.1) is 0 Å². The third kappa shape index (κ3) is 2.09. The Morgan fingerprint density at radius 2 is 2.26 bits per heavy atom. The van der Waals surface area contributed by atoms with Gasteiger partial charge in [-0.05, 0) is 37.0 Å². The van der Waals surface area contributed by atoms with Crippen molar-refractivity contribution in [3.8, 4) is 0 Å². The molecule has 3 nitrogen and oxygen atoms in total. The molecule has 0 radical (unpaired) electrons. The van der Waals surface area contributed by atoms with Crippen molar-refractivity contribution >= 4 is 28.1 Å². The SMILES string of the molecule is CC(N)c1cc(Cl)c2cn[nH]c2c1C1=CCCC=C1. The summed E-state index contributed by atoms with van der Waals surface area (Å²) < 4.78 is 0. The summed E-state index contributed by atoms with van der Waals surface area (Å²) in [5.41, 5.74) is 10.5. The van der Waals surface area contributed by atoms with Crippen LogP contribution in [-0.2, 0) is 0 Å². The molecule has 1 heterocycles. The Labute approximate surface area is 117 Å². The number of rotatable bonds is 2. The molecule has 0 amide bonds. The lowest BCUT2D eigenvalue weighted by Crippen LogP contribution is -2.09. The number of aromatic nitrogens is 2. The zero-order valence-corrected chi connectivity index (χ0v) is 11.5. The first kappa shape index (κ1) is 12.5. The Morgan fingerprint density at radius 1 is 1.42 bits per heavy atom. The quantitative estimate of drug-likeness (QED) is 0.870. The molecule has 2 aromatic rings. The molecule has 1 atom stereocenters. The van der Waals surface area contributed by atoms with Crippen molar-refractivity contribution < 1.29 is 0 Å². The highest BCUT2D eigenvalue weighted by Gasteiger charge is 2.18. The number of benzene rings is 1. The van der Waals surface area contributed by atoms with Gasteiger partial charge in [0.15, 0.2) is 0 Å². The summed E-state index contributed by atoms with van der Waals surface area (Å²) in [6, 6.07) is 1.89. The molecular formula is C15H16ClN3. The summed E-state index contributed by atoms with van der Waals surface area (Å²) >= 11 is 6.31. The fourth-order valence-corrected chi connectivity index (χ4v) is 2.82. The Hall–Kier alpha value is -1.58. The third-order valence-corrected chi connectivity index (χ3v) is 3.80. The van der Waals surface area contributed by atoms with Gasteiger partial charge < -0.3 is 5.73 Å². The van der Waals surface area contributed by atoms with Crippen molar-refractivity contribution in [2.75, 3.05) is 0 Å². The number of halogens is 1. The summed E-state index contributed by atoms with van der Waals surface area (Å²) in [4.78, 5) is 0. The van der Waals surface area contributed by atoms with Crippen LogP contribution in [0.5, 0.6) is 0 Å². The largest absolute Gasteiger partial charge is 0.324 e. The first-order valence-electron chi connectivity index (χ1n) is 6.46. The molecule has 0 saturated heterocycles. The second kappa shape index (κ2) is 4.83. The van der Waals surface area contributed by atoms with E-state index in [-0.39, 0.29) is 6.04 Å². The molecule has 0 aliphatic heterocycles. The number of nitrogens with two attached hydrogens (primary N) is 1. The van der Waals surface area contributed by atoms with Crippen molar-refractivity contribution in [1.82, 2.24) is 10.2 Å². The molecule has 0 saturated carbocycles. The lowest BCUT2D eigenvalue weighted by Gasteiger charge is -2.17. The zero-order valence-electron chi connectivity index (χ0n) is 10.8. The normalized spacial score (nSPS) is 16.7. The number of allylic oxidation sites excluding steroid dienone is 4. The minimum absolute atomic E-state index is 0.0728. The van der Waals surface area contributed by atoms with Gasteiger partial charge >= 0.3 is 0 Å². The van der Waals surface area contributed by atoms with Crippen LogP contribution in [0.3, 0.4) is 0 Å². The fraction of sp³-hybridized carbons (Fsp3) is 0.267. The molecule has 19 heavy (non-hydrogen) atoms. The highest BCUT2D eigenvalue weighted by Crippen LogP contribution is 2.36. The molecule has 0 spiro atoms. The van der Waals surface area contributed by atoms with E-state index in [1.807, 2.05) is 13.0 Å². The van der Waals surface area contributed by atoms with E-state index in [1.165, 1.54) is 5.57 Å². The molecule has 1 aliphatic carbocycles. The van der Waals surface area contributed by atoms with Crippen molar-refractivity contribution in [2.45, 2.75) is 25.8 Å². The summed E-state index contributed by atoms with van der Waals surface area (Å²) in [5.74, 6) is 0. The standard InChI is InChI=1S/C15H16ClN3/c1-9(17)11-7-13(16)12-8-18-19-15(12)14(11)10-5-3-2-4-6-10/h3,5-9H,2,4,17H2,1H3,(H,18,19). The summed E-state index contributed by atoms with van der Waals surface area (Å²) in [6.45, 7) is 1.98. The van der Waals surface area contributed by atoms with Crippen LogP contribution in [0.1, 0.15) is 36.9 Å².